The van der Waals surface area contributed by atoms with Crippen molar-refractivity contribution in [1.29, 1.82) is 0 Å². The number of halogens is 1. The number of pyridine rings is 1. The number of fused-ring (bicyclic) bond motifs is 1. The van der Waals surface area contributed by atoms with E-state index in [0.717, 1.165) is 60.7 Å². The van der Waals surface area contributed by atoms with E-state index in [1.165, 1.54) is 17.7 Å². The summed E-state index contributed by atoms with van der Waals surface area (Å²) < 4.78 is 13.9. The molecule has 0 atom stereocenters. The molecule has 0 spiro atoms. The Labute approximate surface area is 226 Å². The molecule has 7 nitrogen and oxygen atoms in total. The van der Waals surface area contributed by atoms with Crippen molar-refractivity contribution in [1.82, 2.24) is 19.9 Å². The van der Waals surface area contributed by atoms with Crippen LogP contribution in [0.3, 0.4) is 0 Å². The van der Waals surface area contributed by atoms with Gasteiger partial charge in [0.2, 0.25) is 0 Å². The third-order valence-electron chi connectivity index (χ3n) is 6.95. The Kier molecular flexibility index (Phi) is 6.93. The standard InChI is InChI=1S/C31H27FN6O/c32-27-6-2-1-5-26(27)31(39)35-25-10-7-23(8-11-25)24-9-12-28-29(18-24)36-30(20-34-28)38-16-14-37(15-17-38)21-22-4-3-13-33-19-22/h1-13,18-20H,14-17,21H2,(H,35,39). The lowest BCUT2D eigenvalue weighted by atomic mass is 10.0. The van der Waals surface area contributed by atoms with Gasteiger partial charge in [0.1, 0.15) is 11.6 Å². The first-order chi connectivity index (χ1) is 19.1. The second-order valence-corrected chi connectivity index (χ2v) is 9.57. The number of rotatable bonds is 6. The largest absolute Gasteiger partial charge is 0.353 e. The Hall–Kier alpha value is -4.69. The molecule has 1 aliphatic rings. The average Bonchev–Trinajstić information content (AvgIpc) is 2.98. The molecule has 0 radical (unpaired) electrons. The summed E-state index contributed by atoms with van der Waals surface area (Å²) in [6.45, 7) is 4.59. The Morgan fingerprint density at radius 2 is 1.64 bits per heavy atom. The van der Waals surface area contributed by atoms with Crippen LogP contribution in [0, 0.1) is 5.82 Å². The van der Waals surface area contributed by atoms with Crippen molar-refractivity contribution >= 4 is 28.4 Å². The zero-order valence-electron chi connectivity index (χ0n) is 21.3. The van der Waals surface area contributed by atoms with Gasteiger partial charge >= 0.3 is 0 Å². The van der Waals surface area contributed by atoms with Crippen LogP contribution in [-0.4, -0.2) is 51.9 Å². The molecule has 5 aromatic rings. The summed E-state index contributed by atoms with van der Waals surface area (Å²) in [5, 5.41) is 2.75. The molecule has 1 fully saturated rings. The van der Waals surface area contributed by atoms with Crippen LogP contribution in [0.25, 0.3) is 22.2 Å². The summed E-state index contributed by atoms with van der Waals surface area (Å²) in [5.41, 5.74) is 5.49. The fraction of sp³-hybridized carbons (Fsp3) is 0.161. The van der Waals surface area contributed by atoms with Gasteiger partial charge in [0, 0.05) is 50.8 Å². The normalized spacial score (nSPS) is 13.9. The van der Waals surface area contributed by atoms with Crippen LogP contribution >= 0.6 is 0 Å². The van der Waals surface area contributed by atoms with Crippen molar-refractivity contribution in [3.8, 4) is 11.1 Å². The molecule has 1 N–H and O–H groups in total. The highest BCUT2D eigenvalue weighted by Crippen LogP contribution is 2.26. The van der Waals surface area contributed by atoms with E-state index in [1.54, 1.807) is 18.3 Å². The molecule has 1 amide bonds. The van der Waals surface area contributed by atoms with Gasteiger partial charge in [-0.3, -0.25) is 19.7 Å². The van der Waals surface area contributed by atoms with Crippen LogP contribution in [0.5, 0.6) is 0 Å². The van der Waals surface area contributed by atoms with Gasteiger partial charge in [-0.1, -0.05) is 36.4 Å². The lowest BCUT2D eigenvalue weighted by Crippen LogP contribution is -2.46. The number of anilines is 2. The maximum atomic E-state index is 13.9. The summed E-state index contributed by atoms with van der Waals surface area (Å²) in [7, 11) is 0. The maximum absolute atomic E-state index is 13.9. The molecular weight excluding hydrogens is 491 g/mol. The molecule has 0 aliphatic carbocycles. The van der Waals surface area contributed by atoms with Crippen LogP contribution in [0.4, 0.5) is 15.9 Å². The second-order valence-electron chi connectivity index (χ2n) is 9.57. The van der Waals surface area contributed by atoms with Crippen LogP contribution in [0.15, 0.2) is 97.5 Å². The van der Waals surface area contributed by atoms with Gasteiger partial charge in [0.25, 0.3) is 5.91 Å². The molecule has 1 saturated heterocycles. The fourth-order valence-electron chi connectivity index (χ4n) is 4.81. The lowest BCUT2D eigenvalue weighted by molar-refractivity contribution is 0.102. The highest BCUT2D eigenvalue weighted by atomic mass is 19.1. The molecule has 8 heteroatoms. The molecule has 194 valence electrons. The molecular formula is C31H27FN6O. The minimum Gasteiger partial charge on any atom is -0.353 e. The zero-order valence-corrected chi connectivity index (χ0v) is 21.3. The number of carbonyl (C=O) groups excluding carboxylic acids is 1. The molecule has 0 unspecified atom stereocenters. The molecule has 0 bridgehead atoms. The zero-order chi connectivity index (χ0) is 26.6. The number of nitrogens with one attached hydrogen (secondary N) is 1. The van der Waals surface area contributed by atoms with Gasteiger partial charge in [0.15, 0.2) is 0 Å². The molecule has 1 aliphatic heterocycles. The molecule has 0 saturated carbocycles. The van der Waals surface area contributed by atoms with Crippen molar-refractivity contribution in [2.75, 3.05) is 36.4 Å². The summed E-state index contributed by atoms with van der Waals surface area (Å²) in [6, 6.07) is 23.5. The van der Waals surface area contributed by atoms with Crippen molar-refractivity contribution in [3.05, 3.63) is 114 Å². The first-order valence-electron chi connectivity index (χ1n) is 12.9. The van der Waals surface area contributed by atoms with E-state index in [1.807, 2.05) is 60.9 Å². The summed E-state index contributed by atoms with van der Waals surface area (Å²) in [4.78, 5) is 30.9. The van der Waals surface area contributed by atoms with Crippen molar-refractivity contribution < 1.29 is 9.18 Å². The van der Waals surface area contributed by atoms with Gasteiger partial charge in [-0.15, -0.1) is 0 Å². The first kappa shape index (κ1) is 24.6. The van der Waals surface area contributed by atoms with Crippen molar-refractivity contribution in [2.24, 2.45) is 0 Å². The minimum absolute atomic E-state index is 0.0143. The van der Waals surface area contributed by atoms with Gasteiger partial charge < -0.3 is 10.2 Å². The van der Waals surface area contributed by atoms with E-state index >= 15 is 0 Å². The lowest BCUT2D eigenvalue weighted by Gasteiger charge is -2.35. The topological polar surface area (TPSA) is 74.2 Å². The smallest absolute Gasteiger partial charge is 0.258 e. The summed E-state index contributed by atoms with van der Waals surface area (Å²) >= 11 is 0. The monoisotopic (exact) mass is 518 g/mol. The minimum atomic E-state index is -0.546. The van der Waals surface area contributed by atoms with Crippen molar-refractivity contribution in [3.63, 3.8) is 0 Å². The third kappa shape index (κ3) is 5.61. The van der Waals surface area contributed by atoms with E-state index in [2.05, 4.69) is 31.2 Å². The average molecular weight is 519 g/mol. The number of benzene rings is 3. The molecule has 6 rings (SSSR count). The number of amides is 1. The van der Waals surface area contributed by atoms with E-state index < -0.39 is 11.7 Å². The van der Waals surface area contributed by atoms with Crippen LogP contribution < -0.4 is 10.2 Å². The quantitative estimate of drug-likeness (QED) is 0.324. The molecule has 3 heterocycles. The van der Waals surface area contributed by atoms with Gasteiger partial charge in [-0.2, -0.15) is 0 Å². The maximum Gasteiger partial charge on any atom is 0.258 e. The number of hydrogen-bond donors (Lipinski definition) is 1. The summed E-state index contributed by atoms with van der Waals surface area (Å²) in [6.07, 6.45) is 5.58. The molecule has 3 aromatic carbocycles. The summed E-state index contributed by atoms with van der Waals surface area (Å²) in [5.74, 6) is -0.144. The number of carbonyl (C=O) groups is 1. The number of nitrogens with zero attached hydrogens (tertiary/aromatic N) is 5. The third-order valence-corrected chi connectivity index (χ3v) is 6.95. The predicted octanol–water partition coefficient (Wildman–Crippen LogP) is 5.41. The van der Waals surface area contributed by atoms with Crippen LogP contribution in [0.1, 0.15) is 15.9 Å². The number of aromatic nitrogens is 3. The number of piperazine rings is 1. The Balaban J connectivity index is 1.13. The fourth-order valence-corrected chi connectivity index (χ4v) is 4.81. The van der Waals surface area contributed by atoms with Gasteiger partial charge in [-0.05, 0) is 59.2 Å². The molecule has 2 aromatic heterocycles. The van der Waals surface area contributed by atoms with E-state index in [9.17, 15) is 9.18 Å². The van der Waals surface area contributed by atoms with E-state index in [-0.39, 0.29) is 5.56 Å². The van der Waals surface area contributed by atoms with E-state index in [4.69, 9.17) is 4.98 Å². The van der Waals surface area contributed by atoms with Crippen LogP contribution in [0.2, 0.25) is 0 Å². The van der Waals surface area contributed by atoms with Crippen molar-refractivity contribution in [2.45, 2.75) is 6.54 Å². The molecule has 39 heavy (non-hydrogen) atoms. The van der Waals surface area contributed by atoms with Crippen LogP contribution in [-0.2, 0) is 6.54 Å². The second kappa shape index (κ2) is 11.0. The number of hydrogen-bond acceptors (Lipinski definition) is 6. The van der Waals surface area contributed by atoms with Gasteiger partial charge in [-0.25, -0.2) is 9.37 Å². The SMILES string of the molecule is O=C(Nc1ccc(-c2ccc3ncc(N4CCN(Cc5cccnc5)CC4)nc3c2)cc1)c1ccccc1F. The Bertz CT molecular complexity index is 1600. The Morgan fingerprint density at radius 3 is 2.41 bits per heavy atom. The Morgan fingerprint density at radius 1 is 0.846 bits per heavy atom. The predicted molar refractivity (Wildman–Crippen MR) is 151 cm³/mol. The highest BCUT2D eigenvalue weighted by Gasteiger charge is 2.19. The van der Waals surface area contributed by atoms with E-state index in [0.29, 0.717) is 5.69 Å². The first-order valence-corrected chi connectivity index (χ1v) is 12.9. The highest BCUT2D eigenvalue weighted by molar-refractivity contribution is 6.04. The van der Waals surface area contributed by atoms with Gasteiger partial charge in [0.05, 0.1) is 22.8 Å².